The van der Waals surface area contributed by atoms with E-state index in [-0.39, 0.29) is 11.9 Å². The van der Waals surface area contributed by atoms with Crippen molar-refractivity contribution in [3.8, 4) is 5.75 Å². The van der Waals surface area contributed by atoms with Crippen LogP contribution in [0.3, 0.4) is 0 Å². The average Bonchev–Trinajstić information content (AvgIpc) is 2.66. The Labute approximate surface area is 166 Å². The quantitative estimate of drug-likeness (QED) is 0.847. The fourth-order valence-corrected chi connectivity index (χ4v) is 4.49. The van der Waals surface area contributed by atoms with Crippen LogP contribution in [0.4, 0.5) is 5.69 Å². The van der Waals surface area contributed by atoms with Crippen molar-refractivity contribution in [1.29, 1.82) is 0 Å². The van der Waals surface area contributed by atoms with Crippen molar-refractivity contribution in [2.75, 3.05) is 57.8 Å². The van der Waals surface area contributed by atoms with E-state index < -0.39 is 0 Å². The second-order valence-electron chi connectivity index (χ2n) is 7.71. The SMILES string of the molecule is COc1ccc(Cl)cc1N1CCN(C(=O)[C@H]2CN(C3CCC3)CCN2)CC1. The Morgan fingerprint density at radius 2 is 1.96 bits per heavy atom. The predicted molar refractivity (Wildman–Crippen MR) is 108 cm³/mol. The minimum atomic E-state index is -0.0633. The summed E-state index contributed by atoms with van der Waals surface area (Å²) in [4.78, 5) is 19.8. The highest BCUT2D eigenvalue weighted by Gasteiger charge is 2.34. The maximum absolute atomic E-state index is 13.0. The molecule has 1 aliphatic carbocycles. The van der Waals surface area contributed by atoms with Gasteiger partial charge in [-0.25, -0.2) is 0 Å². The molecule has 1 aromatic carbocycles. The van der Waals surface area contributed by atoms with Gasteiger partial charge in [0.2, 0.25) is 5.91 Å². The Hall–Kier alpha value is -1.50. The van der Waals surface area contributed by atoms with Gasteiger partial charge >= 0.3 is 0 Å². The molecule has 4 rings (SSSR count). The Morgan fingerprint density at radius 1 is 1.19 bits per heavy atom. The van der Waals surface area contributed by atoms with Crippen molar-refractivity contribution in [2.45, 2.75) is 31.3 Å². The van der Waals surface area contributed by atoms with Gasteiger partial charge in [0.15, 0.2) is 0 Å². The molecule has 3 fully saturated rings. The normalized spacial score (nSPS) is 24.6. The van der Waals surface area contributed by atoms with Crippen molar-refractivity contribution < 1.29 is 9.53 Å². The minimum Gasteiger partial charge on any atom is -0.495 e. The van der Waals surface area contributed by atoms with Gasteiger partial charge in [-0.15, -0.1) is 0 Å². The van der Waals surface area contributed by atoms with Gasteiger partial charge in [0, 0.05) is 56.9 Å². The number of carbonyl (C=O) groups is 1. The third kappa shape index (κ3) is 4.03. The molecule has 2 aliphatic heterocycles. The maximum atomic E-state index is 13.0. The van der Waals surface area contributed by atoms with Crippen LogP contribution in [0.2, 0.25) is 5.02 Å². The van der Waals surface area contributed by atoms with Gasteiger partial charge in [0.05, 0.1) is 18.8 Å². The highest BCUT2D eigenvalue weighted by Crippen LogP contribution is 2.32. The number of amides is 1. The first-order chi connectivity index (χ1) is 13.2. The first-order valence-electron chi connectivity index (χ1n) is 10.0. The lowest BCUT2D eigenvalue weighted by Gasteiger charge is -2.44. The summed E-state index contributed by atoms with van der Waals surface area (Å²) < 4.78 is 5.48. The summed E-state index contributed by atoms with van der Waals surface area (Å²) in [5.74, 6) is 1.07. The maximum Gasteiger partial charge on any atom is 0.241 e. The Balaban J connectivity index is 1.35. The van der Waals surface area contributed by atoms with Crippen molar-refractivity contribution in [2.24, 2.45) is 0 Å². The Bertz CT molecular complexity index is 674. The average molecular weight is 393 g/mol. The Morgan fingerprint density at radius 3 is 2.63 bits per heavy atom. The van der Waals surface area contributed by atoms with Crippen LogP contribution in [0.15, 0.2) is 18.2 Å². The van der Waals surface area contributed by atoms with E-state index in [1.165, 1.54) is 19.3 Å². The number of methoxy groups -OCH3 is 1. The summed E-state index contributed by atoms with van der Waals surface area (Å²) >= 11 is 6.17. The molecule has 27 heavy (non-hydrogen) atoms. The smallest absolute Gasteiger partial charge is 0.241 e. The van der Waals surface area contributed by atoms with E-state index in [1.807, 2.05) is 23.1 Å². The molecule has 2 heterocycles. The van der Waals surface area contributed by atoms with Crippen molar-refractivity contribution in [3.63, 3.8) is 0 Å². The van der Waals surface area contributed by atoms with Crippen molar-refractivity contribution in [1.82, 2.24) is 15.1 Å². The monoisotopic (exact) mass is 392 g/mol. The van der Waals surface area contributed by atoms with Gasteiger partial charge in [-0.3, -0.25) is 9.69 Å². The first-order valence-corrected chi connectivity index (χ1v) is 10.4. The Kier molecular flexibility index (Phi) is 5.76. The number of hydrogen-bond acceptors (Lipinski definition) is 5. The summed E-state index contributed by atoms with van der Waals surface area (Å²) in [6.07, 6.45) is 3.92. The fraction of sp³-hybridized carbons (Fsp3) is 0.650. The number of hydrogen-bond donors (Lipinski definition) is 1. The minimum absolute atomic E-state index is 0.0633. The highest BCUT2D eigenvalue weighted by atomic mass is 35.5. The molecule has 0 unspecified atom stereocenters. The van der Waals surface area contributed by atoms with Gasteiger partial charge in [0.25, 0.3) is 0 Å². The molecule has 0 bridgehead atoms. The van der Waals surface area contributed by atoms with E-state index >= 15 is 0 Å². The summed E-state index contributed by atoms with van der Waals surface area (Å²) in [5.41, 5.74) is 1.00. The molecule has 1 aromatic rings. The second kappa shape index (κ2) is 8.25. The molecule has 0 spiro atoms. The lowest BCUT2D eigenvalue weighted by atomic mass is 9.90. The molecule has 1 atom stereocenters. The van der Waals surface area contributed by atoms with Crippen LogP contribution < -0.4 is 15.0 Å². The van der Waals surface area contributed by atoms with Crippen LogP contribution in [-0.4, -0.2) is 80.7 Å². The molecule has 0 radical (unpaired) electrons. The topological polar surface area (TPSA) is 48.1 Å². The van der Waals surface area contributed by atoms with Crippen molar-refractivity contribution in [3.05, 3.63) is 23.2 Å². The summed E-state index contributed by atoms with van der Waals surface area (Å²) in [6.45, 7) is 5.88. The van der Waals surface area contributed by atoms with Gasteiger partial charge in [-0.1, -0.05) is 18.0 Å². The zero-order chi connectivity index (χ0) is 18.8. The van der Waals surface area contributed by atoms with Crippen LogP contribution >= 0.6 is 11.6 Å². The number of anilines is 1. The molecule has 2 saturated heterocycles. The first kappa shape index (κ1) is 18.8. The summed E-state index contributed by atoms with van der Waals surface area (Å²) in [5, 5.41) is 4.13. The lowest BCUT2D eigenvalue weighted by molar-refractivity contribution is -0.135. The molecule has 1 saturated carbocycles. The van der Waals surface area contributed by atoms with Crippen LogP contribution in [-0.2, 0) is 4.79 Å². The van der Waals surface area contributed by atoms with E-state index in [4.69, 9.17) is 16.3 Å². The molecule has 1 amide bonds. The van der Waals surface area contributed by atoms with Gasteiger partial charge in [-0.05, 0) is 31.0 Å². The third-order valence-electron chi connectivity index (χ3n) is 6.17. The summed E-state index contributed by atoms with van der Waals surface area (Å²) in [7, 11) is 1.68. The molecule has 6 nitrogen and oxygen atoms in total. The number of rotatable bonds is 4. The molecular formula is C20H29ClN4O2. The van der Waals surface area contributed by atoms with Gasteiger partial charge in [0.1, 0.15) is 5.75 Å². The molecule has 7 heteroatoms. The zero-order valence-electron chi connectivity index (χ0n) is 16.0. The molecule has 1 N–H and O–H groups in total. The van der Waals surface area contributed by atoms with Gasteiger partial charge < -0.3 is 19.9 Å². The highest BCUT2D eigenvalue weighted by molar-refractivity contribution is 6.30. The van der Waals surface area contributed by atoms with Crippen LogP contribution in [0, 0.1) is 0 Å². The fourth-order valence-electron chi connectivity index (χ4n) is 4.32. The van der Waals surface area contributed by atoms with Crippen LogP contribution in [0.1, 0.15) is 19.3 Å². The number of piperazine rings is 2. The third-order valence-corrected chi connectivity index (χ3v) is 6.40. The molecule has 0 aromatic heterocycles. The number of ether oxygens (including phenoxy) is 1. The van der Waals surface area contributed by atoms with E-state index in [0.29, 0.717) is 11.1 Å². The lowest BCUT2D eigenvalue weighted by Crippen LogP contribution is -2.62. The van der Waals surface area contributed by atoms with E-state index in [1.54, 1.807) is 7.11 Å². The molecular weight excluding hydrogens is 364 g/mol. The van der Waals surface area contributed by atoms with Crippen LogP contribution in [0.25, 0.3) is 0 Å². The molecule has 3 aliphatic rings. The standard InChI is InChI=1S/C20H29ClN4O2/c1-27-19-6-5-15(21)13-18(19)23-9-11-24(12-10-23)20(26)17-14-25(8-7-22-17)16-3-2-4-16/h5-6,13,16-17,22H,2-4,7-12,14H2,1H3/t17-/m1/s1. The largest absolute Gasteiger partial charge is 0.495 e. The number of benzene rings is 1. The van der Waals surface area contributed by atoms with E-state index in [9.17, 15) is 4.79 Å². The molecule has 148 valence electrons. The summed E-state index contributed by atoms with van der Waals surface area (Å²) in [6, 6.07) is 6.32. The number of carbonyl (C=O) groups excluding carboxylic acids is 1. The number of halogens is 1. The second-order valence-corrected chi connectivity index (χ2v) is 8.15. The van der Waals surface area contributed by atoms with E-state index in [0.717, 1.165) is 57.3 Å². The van der Waals surface area contributed by atoms with Crippen LogP contribution in [0.5, 0.6) is 5.75 Å². The zero-order valence-corrected chi connectivity index (χ0v) is 16.7. The number of nitrogens with one attached hydrogen (secondary N) is 1. The van der Waals surface area contributed by atoms with Crippen molar-refractivity contribution >= 4 is 23.2 Å². The number of nitrogens with zero attached hydrogens (tertiary/aromatic N) is 3. The predicted octanol–water partition coefficient (Wildman–Crippen LogP) is 1.82. The van der Waals surface area contributed by atoms with Gasteiger partial charge in [-0.2, -0.15) is 0 Å². The van der Waals surface area contributed by atoms with E-state index in [2.05, 4.69) is 15.1 Å².